The molecule has 0 spiro atoms. The summed E-state index contributed by atoms with van der Waals surface area (Å²) >= 11 is 1.15. The summed E-state index contributed by atoms with van der Waals surface area (Å²) in [5, 5.41) is 19.0. The van der Waals surface area contributed by atoms with Gasteiger partial charge in [-0.3, -0.25) is 9.20 Å². The van der Waals surface area contributed by atoms with Crippen molar-refractivity contribution < 1.29 is 28.2 Å². The monoisotopic (exact) mass is 425 g/mol. The van der Waals surface area contributed by atoms with Crippen LogP contribution in [0.3, 0.4) is 0 Å². The normalized spacial score (nSPS) is 24.8. The number of β-lactam (4-membered cyclic amide) rings is 1. The van der Waals surface area contributed by atoms with E-state index in [1.54, 1.807) is 17.5 Å². The summed E-state index contributed by atoms with van der Waals surface area (Å²) in [6.45, 7) is 3.39. The fraction of sp³-hybridized carbons (Fsp3) is 0.471. The predicted molar refractivity (Wildman–Crippen MR) is 100 cm³/mol. The summed E-state index contributed by atoms with van der Waals surface area (Å²) in [5.74, 6) is -1.67. The SMILES string of the molecule is Cc1nc(S(C)(=O)=O)c2sc(C3=C(C(=O)O)N4C(=O)[C@@H](CCO)[C@H]4[C@H]3C)cn12. The molecule has 4 rings (SSSR count). The Labute approximate surface area is 164 Å². The lowest BCUT2D eigenvalue weighted by Gasteiger charge is -2.45. The molecule has 9 nitrogen and oxygen atoms in total. The van der Waals surface area contributed by atoms with Crippen molar-refractivity contribution in [1.29, 1.82) is 0 Å². The number of amides is 1. The Morgan fingerprint density at radius 1 is 1.39 bits per heavy atom. The van der Waals surface area contributed by atoms with Gasteiger partial charge in [0.15, 0.2) is 14.9 Å². The lowest BCUT2D eigenvalue weighted by Crippen LogP contribution is -2.60. The summed E-state index contributed by atoms with van der Waals surface area (Å²) < 4.78 is 25.7. The lowest BCUT2D eigenvalue weighted by molar-refractivity contribution is -0.157. The highest BCUT2D eigenvalue weighted by molar-refractivity contribution is 7.91. The molecule has 28 heavy (non-hydrogen) atoms. The Morgan fingerprint density at radius 3 is 2.64 bits per heavy atom. The highest BCUT2D eigenvalue weighted by Crippen LogP contribution is 2.51. The second-order valence-corrected chi connectivity index (χ2v) is 10.1. The van der Waals surface area contributed by atoms with Crippen molar-refractivity contribution >= 4 is 43.5 Å². The molecule has 11 heteroatoms. The molecule has 1 saturated heterocycles. The van der Waals surface area contributed by atoms with Crippen LogP contribution in [0.4, 0.5) is 0 Å². The van der Waals surface area contributed by atoms with Crippen molar-refractivity contribution in [2.24, 2.45) is 11.8 Å². The molecule has 0 aromatic carbocycles. The number of carboxylic acid groups (broad SMARTS) is 1. The molecule has 1 fully saturated rings. The van der Waals surface area contributed by atoms with E-state index in [-0.39, 0.29) is 41.6 Å². The number of rotatable bonds is 5. The average molecular weight is 425 g/mol. The molecule has 0 saturated carbocycles. The van der Waals surface area contributed by atoms with Gasteiger partial charge in [-0.15, -0.1) is 11.3 Å². The van der Waals surface area contributed by atoms with Gasteiger partial charge < -0.3 is 15.1 Å². The molecule has 0 unspecified atom stereocenters. The molecule has 1 amide bonds. The number of carbonyl (C=O) groups is 2. The molecular weight excluding hydrogens is 406 g/mol. The number of imidazole rings is 1. The minimum Gasteiger partial charge on any atom is -0.477 e. The first kappa shape index (κ1) is 19.1. The maximum Gasteiger partial charge on any atom is 0.352 e. The first-order valence-corrected chi connectivity index (χ1v) is 11.4. The van der Waals surface area contributed by atoms with Crippen LogP contribution in [0.15, 0.2) is 16.9 Å². The van der Waals surface area contributed by atoms with Crippen LogP contribution in [0.1, 0.15) is 24.0 Å². The number of aryl methyl sites for hydroxylation is 1. The number of sulfone groups is 1. The Hall–Kier alpha value is -2.24. The van der Waals surface area contributed by atoms with Crippen molar-refractivity contribution in [3.8, 4) is 0 Å². The molecule has 2 N–H and O–H groups in total. The van der Waals surface area contributed by atoms with E-state index in [1.165, 1.54) is 4.90 Å². The molecule has 2 aliphatic heterocycles. The Bertz CT molecular complexity index is 1160. The van der Waals surface area contributed by atoms with Crippen molar-refractivity contribution in [3.63, 3.8) is 0 Å². The van der Waals surface area contributed by atoms with E-state index in [0.29, 0.717) is 21.1 Å². The number of aliphatic carboxylic acids is 1. The van der Waals surface area contributed by atoms with E-state index >= 15 is 0 Å². The molecule has 150 valence electrons. The third-order valence-corrected chi connectivity index (χ3v) is 7.70. The molecule has 0 aliphatic carbocycles. The van der Waals surface area contributed by atoms with E-state index in [1.807, 2.05) is 6.92 Å². The molecule has 0 bridgehead atoms. The Morgan fingerprint density at radius 2 is 2.07 bits per heavy atom. The number of fused-ring (bicyclic) bond motifs is 2. The lowest BCUT2D eigenvalue weighted by atomic mass is 9.79. The van der Waals surface area contributed by atoms with Crippen LogP contribution in [0.5, 0.6) is 0 Å². The van der Waals surface area contributed by atoms with Crippen LogP contribution >= 0.6 is 11.3 Å². The van der Waals surface area contributed by atoms with Crippen molar-refractivity contribution in [1.82, 2.24) is 14.3 Å². The van der Waals surface area contributed by atoms with E-state index in [0.717, 1.165) is 17.6 Å². The van der Waals surface area contributed by atoms with Crippen molar-refractivity contribution in [3.05, 3.63) is 22.6 Å². The fourth-order valence-electron chi connectivity index (χ4n) is 4.27. The number of aliphatic hydroxyl groups excluding tert-OH is 1. The van der Waals surface area contributed by atoms with Crippen LogP contribution in [0.2, 0.25) is 0 Å². The second kappa shape index (κ2) is 6.13. The zero-order chi connectivity index (χ0) is 20.5. The molecule has 0 radical (unpaired) electrons. The molecule has 3 atom stereocenters. The number of carboxylic acids is 1. The summed E-state index contributed by atoms with van der Waals surface area (Å²) in [6, 6.07) is -0.309. The smallest absolute Gasteiger partial charge is 0.352 e. The van der Waals surface area contributed by atoms with Gasteiger partial charge in [0.2, 0.25) is 5.91 Å². The average Bonchev–Trinajstić information content (AvgIpc) is 3.22. The number of carbonyl (C=O) groups excluding carboxylic acids is 1. The molecule has 2 aliphatic rings. The maximum absolute atomic E-state index is 12.5. The van der Waals surface area contributed by atoms with Crippen LogP contribution in [0.25, 0.3) is 10.4 Å². The summed E-state index contributed by atoms with van der Waals surface area (Å²) in [6.07, 6.45) is 3.06. The van der Waals surface area contributed by atoms with Gasteiger partial charge in [0, 0.05) is 30.6 Å². The minimum atomic E-state index is -3.54. The van der Waals surface area contributed by atoms with Gasteiger partial charge in [-0.1, -0.05) is 6.92 Å². The van der Waals surface area contributed by atoms with E-state index in [4.69, 9.17) is 0 Å². The van der Waals surface area contributed by atoms with Gasteiger partial charge in [-0.25, -0.2) is 18.2 Å². The van der Waals surface area contributed by atoms with Gasteiger partial charge in [-0.05, 0) is 13.3 Å². The first-order valence-electron chi connectivity index (χ1n) is 8.68. The van der Waals surface area contributed by atoms with E-state index < -0.39 is 21.7 Å². The number of aliphatic hydroxyl groups is 1. The third kappa shape index (κ3) is 2.46. The van der Waals surface area contributed by atoms with Gasteiger partial charge in [0.1, 0.15) is 16.4 Å². The highest BCUT2D eigenvalue weighted by Gasteiger charge is 2.58. The molecule has 2 aromatic heterocycles. The van der Waals surface area contributed by atoms with Crippen LogP contribution in [-0.2, 0) is 19.4 Å². The number of aromatic nitrogens is 2. The van der Waals surface area contributed by atoms with Crippen molar-refractivity contribution in [2.45, 2.75) is 31.3 Å². The van der Waals surface area contributed by atoms with Crippen LogP contribution in [-0.4, -0.2) is 63.7 Å². The first-order chi connectivity index (χ1) is 13.1. The largest absolute Gasteiger partial charge is 0.477 e. The number of hydrogen-bond acceptors (Lipinski definition) is 7. The standard InChI is InChI=1S/C17H19N3O6S2/c1-7-11(13(17(23)24)20-12(7)9(4-5-21)15(20)22)10-6-19-8(2)18-14(16(19)27-10)28(3,25)26/h6-7,9,12,21H,4-5H2,1-3H3,(H,23,24)/t7-,9-,12+/m0/s1. The maximum atomic E-state index is 12.5. The highest BCUT2D eigenvalue weighted by atomic mass is 32.2. The second-order valence-electron chi connectivity index (χ2n) is 7.18. The van der Waals surface area contributed by atoms with Gasteiger partial charge in [-0.2, -0.15) is 0 Å². The van der Waals surface area contributed by atoms with Crippen LogP contribution < -0.4 is 0 Å². The summed E-state index contributed by atoms with van der Waals surface area (Å²) in [4.78, 5) is 30.9. The quantitative estimate of drug-likeness (QED) is 0.677. The predicted octanol–water partition coefficient (Wildman–Crippen LogP) is 0.763. The molecular formula is C17H19N3O6S2. The third-order valence-electron chi connectivity index (χ3n) is 5.45. The van der Waals surface area contributed by atoms with Gasteiger partial charge in [0.05, 0.1) is 16.8 Å². The Kier molecular flexibility index (Phi) is 4.18. The zero-order valence-electron chi connectivity index (χ0n) is 15.4. The molecule has 4 heterocycles. The molecule has 2 aromatic rings. The fourth-order valence-corrected chi connectivity index (χ4v) is 6.73. The van der Waals surface area contributed by atoms with E-state index in [9.17, 15) is 28.2 Å². The summed E-state index contributed by atoms with van der Waals surface area (Å²) in [7, 11) is -3.54. The Balaban J connectivity index is 1.89. The number of thiazole rings is 1. The number of nitrogens with zero attached hydrogens (tertiary/aromatic N) is 3. The zero-order valence-corrected chi connectivity index (χ0v) is 17.0. The van der Waals surface area contributed by atoms with Gasteiger partial charge >= 0.3 is 5.97 Å². The van der Waals surface area contributed by atoms with Crippen molar-refractivity contribution in [2.75, 3.05) is 12.9 Å². The topological polar surface area (TPSA) is 129 Å². The summed E-state index contributed by atoms with van der Waals surface area (Å²) in [5.41, 5.74) is 0.451. The van der Waals surface area contributed by atoms with Crippen LogP contribution in [0, 0.1) is 18.8 Å². The van der Waals surface area contributed by atoms with E-state index in [2.05, 4.69) is 4.98 Å². The van der Waals surface area contributed by atoms with Gasteiger partial charge in [0.25, 0.3) is 0 Å². The minimum absolute atomic E-state index is 0.0399. The number of hydrogen-bond donors (Lipinski definition) is 2.